The van der Waals surface area contributed by atoms with Crippen molar-refractivity contribution in [3.8, 4) is 11.8 Å². The smallest absolute Gasteiger partial charge is 0.125 e. The molecule has 4 nitrogen and oxygen atoms in total. The van der Waals surface area contributed by atoms with Gasteiger partial charge in [-0.2, -0.15) is 5.26 Å². The molecule has 0 N–H and O–H groups in total. The Balaban J connectivity index is 1.47. The Morgan fingerprint density at radius 3 is 2.43 bits per heavy atom. The Bertz CT molecular complexity index is 1420. The Morgan fingerprint density at radius 1 is 1.03 bits per heavy atom. The van der Waals surface area contributed by atoms with Gasteiger partial charge in [0.1, 0.15) is 11.5 Å². The molecule has 0 saturated carbocycles. The summed E-state index contributed by atoms with van der Waals surface area (Å²) in [6, 6.07) is 22.1. The molecule has 1 aliphatic heterocycles. The Labute approximate surface area is 220 Å². The molecule has 0 aliphatic carbocycles. The monoisotopic (exact) mass is 516 g/mol. The zero-order chi connectivity index (χ0) is 26.2. The van der Waals surface area contributed by atoms with E-state index in [0.29, 0.717) is 34.9 Å². The summed E-state index contributed by atoms with van der Waals surface area (Å²) in [7, 11) is 0. The number of hydrogen-bond acceptors (Lipinski definition) is 3. The molecule has 0 amide bonds. The van der Waals surface area contributed by atoms with Gasteiger partial charge in [-0.3, -0.25) is 4.90 Å². The number of halogens is 3. The molecule has 1 fully saturated rings. The van der Waals surface area contributed by atoms with Crippen LogP contribution in [-0.4, -0.2) is 33.2 Å². The van der Waals surface area contributed by atoms with Crippen LogP contribution in [0.4, 0.5) is 8.78 Å². The third-order valence-electron chi connectivity index (χ3n) is 7.10. The highest BCUT2D eigenvalue weighted by molar-refractivity contribution is 6.30. The van der Waals surface area contributed by atoms with E-state index in [-0.39, 0.29) is 12.0 Å². The van der Waals surface area contributed by atoms with Gasteiger partial charge < -0.3 is 4.57 Å². The van der Waals surface area contributed by atoms with Crippen LogP contribution in [0.3, 0.4) is 0 Å². The first-order valence-electron chi connectivity index (χ1n) is 12.2. The number of nitriles is 1. The van der Waals surface area contributed by atoms with Crippen molar-refractivity contribution in [2.24, 2.45) is 5.92 Å². The number of aromatic nitrogens is 2. The standard InChI is InChI=1S/C30H27ClF2N4/c1-30(2,33)28(23-13-26(32)15-27(14-23)36-11-10-35-19-36)24-17-37(18-24)29(21-6-8-25(31)9-7-21)22-5-3-4-20(12-22)16-34/h3-15,19,24,28-29H,17-18H2,1-2H3/t28-,29?/m1/s1. The van der Waals surface area contributed by atoms with Crippen LogP contribution in [0.25, 0.3) is 5.69 Å². The van der Waals surface area contributed by atoms with Crippen molar-refractivity contribution in [3.05, 3.63) is 119 Å². The minimum atomic E-state index is -1.56. The number of rotatable bonds is 7. The van der Waals surface area contributed by atoms with Gasteiger partial charge in [0, 0.05) is 42.1 Å². The molecular weight excluding hydrogens is 490 g/mol. The first-order chi connectivity index (χ1) is 17.7. The molecule has 2 heterocycles. The predicted molar refractivity (Wildman–Crippen MR) is 141 cm³/mol. The second-order valence-electron chi connectivity index (χ2n) is 10.2. The molecule has 0 bridgehead atoms. The Hall–Kier alpha value is -3.53. The topological polar surface area (TPSA) is 44.9 Å². The van der Waals surface area contributed by atoms with Gasteiger partial charge in [0.25, 0.3) is 0 Å². The van der Waals surface area contributed by atoms with E-state index in [2.05, 4.69) is 16.0 Å². The average Bonchev–Trinajstić information content (AvgIpc) is 3.38. The van der Waals surface area contributed by atoms with Gasteiger partial charge in [-0.05, 0) is 78.9 Å². The van der Waals surface area contributed by atoms with Crippen LogP contribution in [0.2, 0.25) is 5.02 Å². The maximum atomic E-state index is 15.7. The molecule has 1 saturated heterocycles. The largest absolute Gasteiger partial charge is 0.306 e. The molecule has 3 aromatic carbocycles. The summed E-state index contributed by atoms with van der Waals surface area (Å²) in [5, 5.41) is 10.1. The number of nitrogens with zero attached hydrogens (tertiary/aromatic N) is 4. The molecule has 1 aliphatic rings. The molecule has 1 unspecified atom stereocenters. The average molecular weight is 517 g/mol. The van der Waals surface area contributed by atoms with Crippen molar-refractivity contribution in [1.82, 2.24) is 14.5 Å². The van der Waals surface area contributed by atoms with Gasteiger partial charge in [0.2, 0.25) is 0 Å². The van der Waals surface area contributed by atoms with Crippen LogP contribution in [0.15, 0.2) is 85.5 Å². The second-order valence-corrected chi connectivity index (χ2v) is 10.6. The molecule has 37 heavy (non-hydrogen) atoms. The highest BCUT2D eigenvalue weighted by Crippen LogP contribution is 2.46. The molecule has 2 atom stereocenters. The third-order valence-corrected chi connectivity index (χ3v) is 7.35. The van der Waals surface area contributed by atoms with Crippen molar-refractivity contribution in [1.29, 1.82) is 5.26 Å². The van der Waals surface area contributed by atoms with Crippen LogP contribution < -0.4 is 0 Å². The van der Waals surface area contributed by atoms with Crippen molar-refractivity contribution >= 4 is 11.6 Å². The van der Waals surface area contributed by atoms with Crippen molar-refractivity contribution < 1.29 is 8.78 Å². The lowest BCUT2D eigenvalue weighted by molar-refractivity contribution is 0.00813. The molecule has 1 aromatic heterocycles. The normalized spacial score (nSPS) is 16.1. The Kier molecular flexibility index (Phi) is 6.85. The van der Waals surface area contributed by atoms with Crippen molar-refractivity contribution in [3.63, 3.8) is 0 Å². The molecule has 0 radical (unpaired) electrons. The van der Waals surface area contributed by atoms with Gasteiger partial charge in [-0.15, -0.1) is 0 Å². The van der Waals surface area contributed by atoms with E-state index in [0.717, 1.165) is 11.1 Å². The summed E-state index contributed by atoms with van der Waals surface area (Å²) < 4.78 is 32.1. The molecular formula is C30H27ClF2N4. The number of benzene rings is 3. The lowest BCUT2D eigenvalue weighted by atomic mass is 9.72. The second kappa shape index (κ2) is 10.1. The first-order valence-corrected chi connectivity index (χ1v) is 12.6. The number of alkyl halides is 1. The van der Waals surface area contributed by atoms with E-state index in [9.17, 15) is 9.65 Å². The molecule has 0 spiro atoms. The fourth-order valence-electron chi connectivity index (χ4n) is 5.57. The molecule has 5 rings (SSSR count). The van der Waals surface area contributed by atoms with E-state index >= 15 is 4.39 Å². The van der Waals surface area contributed by atoms with Gasteiger partial charge >= 0.3 is 0 Å². The minimum Gasteiger partial charge on any atom is -0.306 e. The first kappa shape index (κ1) is 25.1. The maximum Gasteiger partial charge on any atom is 0.125 e. The highest BCUT2D eigenvalue weighted by atomic mass is 35.5. The van der Waals surface area contributed by atoms with Crippen molar-refractivity contribution in [2.75, 3.05) is 13.1 Å². The quantitative estimate of drug-likeness (QED) is 0.263. The SMILES string of the molecule is CC(C)(F)[C@H](c1cc(F)cc(-n2ccnc2)c1)C1CN(C(c2ccc(Cl)cc2)c2cccc(C#N)c2)C1. The van der Waals surface area contributed by atoms with E-state index < -0.39 is 17.4 Å². The van der Waals surface area contributed by atoms with Crippen LogP contribution in [0.1, 0.15) is 48.1 Å². The third kappa shape index (κ3) is 5.29. The lowest BCUT2D eigenvalue weighted by Crippen LogP contribution is -2.53. The van der Waals surface area contributed by atoms with Crippen molar-refractivity contribution in [2.45, 2.75) is 31.5 Å². The minimum absolute atomic E-state index is 0.0219. The zero-order valence-electron chi connectivity index (χ0n) is 20.7. The van der Waals surface area contributed by atoms with Crippen LogP contribution >= 0.6 is 11.6 Å². The van der Waals surface area contributed by atoms with Crippen LogP contribution in [0.5, 0.6) is 0 Å². The summed E-state index contributed by atoms with van der Waals surface area (Å²) in [6.07, 6.45) is 4.97. The van der Waals surface area contributed by atoms with Crippen LogP contribution in [0, 0.1) is 23.1 Å². The summed E-state index contributed by atoms with van der Waals surface area (Å²) in [5.41, 5.74) is 2.31. The van der Waals surface area contributed by atoms with Crippen LogP contribution in [-0.2, 0) is 0 Å². The Morgan fingerprint density at radius 2 is 1.78 bits per heavy atom. The maximum absolute atomic E-state index is 15.7. The summed E-state index contributed by atoms with van der Waals surface area (Å²) >= 11 is 6.15. The summed E-state index contributed by atoms with van der Waals surface area (Å²) in [5.74, 6) is -0.927. The molecule has 4 aromatic rings. The van der Waals surface area contributed by atoms with Gasteiger partial charge in [-0.25, -0.2) is 13.8 Å². The summed E-state index contributed by atoms with van der Waals surface area (Å²) in [4.78, 5) is 6.33. The fraction of sp³-hybridized carbons (Fsp3) is 0.267. The van der Waals surface area contributed by atoms with E-state index in [1.807, 2.05) is 48.5 Å². The lowest BCUT2D eigenvalue weighted by Gasteiger charge is -2.50. The number of hydrogen-bond donors (Lipinski definition) is 0. The molecule has 188 valence electrons. The summed E-state index contributed by atoms with van der Waals surface area (Å²) in [6.45, 7) is 4.38. The van der Waals surface area contributed by atoms with E-state index in [1.54, 1.807) is 43.2 Å². The number of imidazole rings is 1. The van der Waals surface area contributed by atoms with Gasteiger partial charge in [0.15, 0.2) is 0 Å². The van der Waals surface area contributed by atoms with E-state index in [1.165, 1.54) is 12.1 Å². The van der Waals surface area contributed by atoms with Gasteiger partial charge in [-0.1, -0.05) is 35.9 Å². The highest BCUT2D eigenvalue weighted by Gasteiger charge is 2.45. The zero-order valence-corrected chi connectivity index (χ0v) is 21.4. The fourth-order valence-corrected chi connectivity index (χ4v) is 5.70. The number of likely N-dealkylation sites (tertiary alicyclic amines) is 1. The van der Waals surface area contributed by atoms with E-state index in [4.69, 9.17) is 11.6 Å². The predicted octanol–water partition coefficient (Wildman–Crippen LogP) is 7.09. The van der Waals surface area contributed by atoms with Gasteiger partial charge in [0.05, 0.1) is 24.0 Å². The molecule has 7 heteroatoms.